The number of rotatable bonds is 20. The van der Waals surface area contributed by atoms with Gasteiger partial charge in [-0.15, -0.1) is 0 Å². The second-order valence-corrected chi connectivity index (χ2v) is 27.8. The van der Waals surface area contributed by atoms with Crippen LogP contribution in [0.3, 0.4) is 0 Å². The second kappa shape index (κ2) is 59.1. The lowest BCUT2D eigenvalue weighted by Crippen LogP contribution is -2.45. The number of hydrogen-bond donors (Lipinski definition) is 7. The molecule has 11 N–H and O–H groups in total. The van der Waals surface area contributed by atoms with E-state index < -0.39 is 77.5 Å². The third kappa shape index (κ3) is 40.4. The predicted octanol–water partition coefficient (Wildman–Crippen LogP) is 10.6. The van der Waals surface area contributed by atoms with Gasteiger partial charge in [0, 0.05) is 121 Å². The molecular formula is C103H89N7O28. The molecule has 35 heteroatoms. The minimum absolute atomic E-state index is 0. The first kappa shape index (κ1) is 109. The molecule has 138 heavy (non-hydrogen) atoms. The van der Waals surface area contributed by atoms with Gasteiger partial charge in [0.05, 0.1) is 35.1 Å². The molecule has 10 aromatic rings. The monoisotopic (exact) mass is 1870 g/mol. The number of imide groups is 4. The molecule has 0 saturated carbocycles. The summed E-state index contributed by atoms with van der Waals surface area (Å²) < 4.78 is 7.94. The van der Waals surface area contributed by atoms with Crippen LogP contribution in [-0.2, 0) is 125 Å². The summed E-state index contributed by atoms with van der Waals surface area (Å²) in [6, 6.07) is 89.8. The Morgan fingerprint density at radius 2 is 0.543 bits per heavy atom. The van der Waals surface area contributed by atoms with Gasteiger partial charge in [0.1, 0.15) is 6.04 Å². The van der Waals surface area contributed by atoms with Gasteiger partial charge < -0.3 is 51.9 Å². The summed E-state index contributed by atoms with van der Waals surface area (Å²) in [5.41, 5.74) is 17.9. The van der Waals surface area contributed by atoms with Crippen molar-refractivity contribution in [3.05, 3.63) is 417 Å². The van der Waals surface area contributed by atoms with Crippen LogP contribution in [0, 0.1) is 5.92 Å². The van der Waals surface area contributed by atoms with Gasteiger partial charge in [-0.1, -0.05) is 218 Å². The maximum absolute atomic E-state index is 12.9. The molecule has 2 saturated heterocycles. The Kier molecular flexibility index (Phi) is 46.7. The van der Waals surface area contributed by atoms with Gasteiger partial charge in [-0.2, -0.15) is 0 Å². The molecule has 10 aromatic carbocycles. The molecule has 16 rings (SSSR count). The zero-order valence-electron chi connectivity index (χ0n) is 72.9. The molecule has 6 aliphatic rings. The molecule has 6 heterocycles. The topological polar surface area (TPSA) is 561 Å². The zero-order valence-corrected chi connectivity index (χ0v) is 72.9. The molecule has 2 fully saturated rings. The molecule has 0 bridgehead atoms. The van der Waals surface area contributed by atoms with Crippen molar-refractivity contribution in [3.8, 4) is 0 Å². The average Bonchev–Trinajstić information content (AvgIpc) is 1.64. The number of cyclic esters (lactones) is 4. The summed E-state index contributed by atoms with van der Waals surface area (Å²) in [4.78, 5) is 225. The van der Waals surface area contributed by atoms with Crippen LogP contribution < -0.4 is 36.0 Å². The molecule has 0 aliphatic carbocycles. The Labute approximate surface area is 788 Å². The lowest BCUT2D eigenvalue weighted by Gasteiger charge is -2.26. The fourth-order valence-electron chi connectivity index (χ4n) is 11.7. The van der Waals surface area contributed by atoms with E-state index in [1.807, 2.05) is 182 Å². The van der Waals surface area contributed by atoms with Crippen molar-refractivity contribution >= 4 is 158 Å². The lowest BCUT2D eigenvalue weighted by atomic mass is 9.98. The van der Waals surface area contributed by atoms with Crippen molar-refractivity contribution in [2.75, 3.05) is 36.0 Å². The normalized spacial score (nSPS) is 14.2. The average molecular weight is 1870 g/mol. The number of carboxylic acids is 5. The van der Waals surface area contributed by atoms with E-state index in [9.17, 15) is 95.9 Å². The number of ether oxygens (including phenoxy) is 2. The summed E-state index contributed by atoms with van der Waals surface area (Å²) in [5, 5.41) is 41.0. The van der Waals surface area contributed by atoms with E-state index in [0.29, 0.717) is 59.5 Å². The fourth-order valence-corrected chi connectivity index (χ4v) is 11.7. The maximum atomic E-state index is 12.9. The zero-order chi connectivity index (χ0) is 100.0. The number of anilines is 7. The van der Waals surface area contributed by atoms with Crippen molar-refractivity contribution < 1.29 is 136 Å². The second-order valence-electron chi connectivity index (χ2n) is 27.8. The van der Waals surface area contributed by atoms with E-state index in [0.717, 1.165) is 102 Å². The molecular weight excluding hydrogens is 1780 g/mol. The highest BCUT2D eigenvalue weighted by molar-refractivity contribution is 6.29. The van der Waals surface area contributed by atoms with Crippen LogP contribution in [0.5, 0.6) is 0 Å². The van der Waals surface area contributed by atoms with E-state index in [-0.39, 0.29) is 77.7 Å². The predicted molar refractivity (Wildman–Crippen MR) is 505 cm³/mol. The quantitative estimate of drug-likeness (QED) is 0.0122. The highest BCUT2D eigenvalue weighted by atomic mass is 16.6. The highest BCUT2D eigenvalue weighted by Crippen LogP contribution is 2.31. The number of aliphatic carboxylic acids is 5. The molecule has 9 amide bonds. The molecule has 704 valence electrons. The van der Waals surface area contributed by atoms with Crippen LogP contribution in [0.25, 0.3) is 0 Å². The lowest BCUT2D eigenvalue weighted by molar-refractivity contribution is -0.151. The number of ketones is 2. The van der Waals surface area contributed by atoms with Crippen LogP contribution in [0.1, 0.15) is 29.5 Å². The molecule has 0 radical (unpaired) electrons. The largest absolute Gasteiger partial charge is 0.478 e. The van der Waals surface area contributed by atoms with Gasteiger partial charge in [0.15, 0.2) is 11.6 Å². The minimum atomic E-state index is -1.28. The number of allylic oxidation sites excluding steroid dienone is 2. The van der Waals surface area contributed by atoms with E-state index in [1.165, 1.54) is 29.2 Å². The maximum Gasteiger partial charge on any atom is 0.338 e. The number of esters is 4. The molecule has 35 nitrogen and oxygen atoms in total. The van der Waals surface area contributed by atoms with Crippen LogP contribution in [0.2, 0.25) is 0 Å². The van der Waals surface area contributed by atoms with Gasteiger partial charge in [0.2, 0.25) is 17.7 Å². The highest BCUT2D eigenvalue weighted by Gasteiger charge is 2.45. The van der Waals surface area contributed by atoms with E-state index in [1.54, 1.807) is 121 Å². The number of para-hydroxylation sites is 7. The van der Waals surface area contributed by atoms with Gasteiger partial charge in [-0.3, -0.25) is 62.5 Å². The molecule has 0 aromatic heterocycles. The minimum Gasteiger partial charge on any atom is -0.478 e. The first-order chi connectivity index (χ1) is 65.7. The third-order valence-corrected chi connectivity index (χ3v) is 17.7. The van der Waals surface area contributed by atoms with Crippen molar-refractivity contribution in [2.24, 2.45) is 5.92 Å². The molecule has 2 unspecified atom stereocenters. The Bertz CT molecular complexity index is 5850. The third-order valence-electron chi connectivity index (χ3n) is 17.7. The van der Waals surface area contributed by atoms with Gasteiger partial charge in [-0.25, -0.2) is 57.9 Å². The molecule has 2 atom stereocenters. The summed E-state index contributed by atoms with van der Waals surface area (Å²) in [7, 11) is 0. The Hall–Kier alpha value is -19.3. The van der Waals surface area contributed by atoms with Gasteiger partial charge in [0.25, 0.3) is 35.4 Å². The van der Waals surface area contributed by atoms with Crippen molar-refractivity contribution in [2.45, 2.75) is 38.1 Å². The first-order valence-electron chi connectivity index (χ1n) is 40.7. The summed E-state index contributed by atoms with van der Waals surface area (Å²) in [6.07, 6.45) is 17.2. The van der Waals surface area contributed by atoms with E-state index in [2.05, 4.69) is 9.47 Å². The number of carbonyl (C=O) groups is 20. The number of carboxylic acid groups (broad SMARTS) is 5. The first-order valence-corrected chi connectivity index (χ1v) is 40.7. The summed E-state index contributed by atoms with van der Waals surface area (Å²) in [5.74, 6) is -12.0. The van der Waals surface area contributed by atoms with Crippen LogP contribution in [-0.4, -0.2) is 156 Å². The van der Waals surface area contributed by atoms with Crippen LogP contribution in [0.4, 0.5) is 39.8 Å². The Morgan fingerprint density at radius 3 is 0.819 bits per heavy atom. The Balaban J connectivity index is 0.000000276. The molecule has 6 aliphatic heterocycles. The smallest absolute Gasteiger partial charge is 0.338 e. The number of nitrogen functional groups attached to an aromatic ring is 2. The van der Waals surface area contributed by atoms with Crippen LogP contribution in [0.15, 0.2) is 401 Å². The van der Waals surface area contributed by atoms with E-state index >= 15 is 0 Å². The number of nitrogens with two attached hydrogens (primary N) is 2. The van der Waals surface area contributed by atoms with Gasteiger partial charge >= 0.3 is 53.7 Å². The molecule has 0 spiro atoms. The van der Waals surface area contributed by atoms with E-state index in [4.69, 9.17) is 37.0 Å². The van der Waals surface area contributed by atoms with Crippen molar-refractivity contribution in [1.82, 2.24) is 0 Å². The van der Waals surface area contributed by atoms with Crippen molar-refractivity contribution in [1.29, 1.82) is 0 Å². The number of hydrogen-bond acceptors (Lipinski definition) is 24. The van der Waals surface area contributed by atoms with Crippen molar-refractivity contribution in [3.63, 3.8) is 0 Å². The standard InChI is InChI=1S/C20H16N2O5.C17H15NO2.2C11H10O3.2C10H7NO2.2C6H7N.C4H4O4.2C4H2O3.H2O/c23-17(11-12-19(25)26)21(14-7-3-1-4-8-14)16-13-18(24)22(20(16)27)15-9-5-2-6-10-15;19-16-12-14(11-13-7-3-1-4-8-13)17(20)18(16)15-9-5-2-6-10-15;2*12-10(6-7-11(13)14)8-9-4-2-1-3-5-9;2*12-9-6-7-10(13)11(9)8-4-2-1-3-5-8;2*7-6-4-2-1-3-5-6;5-3(6)1-2-4(7)8;2*5-3-1-2-4(6)7-3;/h1-12,16H,13H2,(H,25,26);1-10,14H,11-12H2;2*1-7H,8H2,(H,13,14);2*1-7H;2*1-5H,7H2;1-2H,(H,5,6)(H,7,8);2*1-2H;1H2/b12-11-;;7-6+;7-6-;;;;;2-1-;;;. The Morgan fingerprint density at radius 1 is 0.297 bits per heavy atom. The summed E-state index contributed by atoms with van der Waals surface area (Å²) in [6.45, 7) is 0. The number of carbonyl (C=O) groups excluding carboxylic acids is 15. The fraction of sp³-hybridized carbons (Fsp3) is 0.0680. The number of nitrogens with zero attached hydrogens (tertiary/aromatic N) is 5. The van der Waals surface area contributed by atoms with Gasteiger partial charge in [-0.05, 0) is 120 Å². The number of benzene rings is 10. The van der Waals surface area contributed by atoms with Crippen LogP contribution >= 0.6 is 0 Å². The SMILES string of the molecule is Nc1ccccc1.Nc1ccccc1.O.O=C(O)/C=C/C(=O)Cc1ccccc1.O=C(O)/C=C\C(=O)Cc1ccccc1.O=C(O)/C=C\C(=O)N(c1ccccc1)C1CC(=O)N(c2ccccc2)C1=O.O=C(O)/C=C\C(=O)O.O=C1C=CC(=O)N1c1ccccc1.O=C1C=CC(=O)N1c1ccccc1.O=C1C=CC(=O)O1.O=C1C=CC(=O)O1.O=C1CC(Cc2ccccc2)C(=O)N1c1ccccc1. The summed E-state index contributed by atoms with van der Waals surface area (Å²) >= 11 is 0. The number of amides is 9.